The summed E-state index contributed by atoms with van der Waals surface area (Å²) in [5, 5.41) is 2.80. The summed E-state index contributed by atoms with van der Waals surface area (Å²) in [4.78, 5) is 12.8. The topological polar surface area (TPSA) is 47.6 Å². The van der Waals surface area contributed by atoms with Crippen molar-refractivity contribution in [3.05, 3.63) is 77.9 Å². The smallest absolute Gasteiger partial charge is 0.416 e. The van der Waals surface area contributed by atoms with E-state index in [1.807, 2.05) is 0 Å². The van der Waals surface area contributed by atoms with Gasteiger partial charge in [-0.15, -0.1) is 0 Å². The number of alkyl halides is 3. The van der Waals surface area contributed by atoms with Crippen molar-refractivity contribution in [1.82, 2.24) is 0 Å². The van der Waals surface area contributed by atoms with E-state index in [0.29, 0.717) is 47.1 Å². The average molecular weight is 399 g/mol. The van der Waals surface area contributed by atoms with Gasteiger partial charge in [0.25, 0.3) is 5.91 Å². The van der Waals surface area contributed by atoms with Crippen LogP contribution in [-0.2, 0) is 6.18 Å². The van der Waals surface area contributed by atoms with Crippen LogP contribution in [0.4, 0.5) is 18.9 Å². The van der Waals surface area contributed by atoms with E-state index >= 15 is 0 Å². The van der Waals surface area contributed by atoms with E-state index in [2.05, 4.69) is 5.32 Å². The molecule has 148 valence electrons. The van der Waals surface area contributed by atoms with Gasteiger partial charge >= 0.3 is 6.18 Å². The fourth-order valence-electron chi connectivity index (χ4n) is 3.09. The minimum atomic E-state index is -4.41. The molecule has 1 heterocycles. The number of amides is 1. The summed E-state index contributed by atoms with van der Waals surface area (Å²) in [5.74, 6) is 0.779. The van der Waals surface area contributed by atoms with Crippen LogP contribution in [0.2, 0.25) is 0 Å². The molecule has 29 heavy (non-hydrogen) atoms. The maximum absolute atomic E-state index is 12.8. The first-order valence-electron chi connectivity index (χ1n) is 8.89. The first-order chi connectivity index (χ1) is 13.9. The third-order valence-corrected chi connectivity index (χ3v) is 4.49. The molecule has 1 amide bonds. The van der Waals surface area contributed by atoms with E-state index in [4.69, 9.17) is 9.47 Å². The summed E-state index contributed by atoms with van der Waals surface area (Å²) in [6, 6.07) is 16.6. The van der Waals surface area contributed by atoms with Gasteiger partial charge in [0, 0.05) is 17.3 Å². The minimum Gasteiger partial charge on any atom is -0.486 e. The molecule has 4 nitrogen and oxygen atoms in total. The Labute approximate surface area is 164 Å². The maximum Gasteiger partial charge on any atom is 0.416 e. The number of hydrogen-bond donors (Lipinski definition) is 1. The predicted octanol–water partition coefficient (Wildman–Crippen LogP) is 5.40. The molecular weight excluding hydrogens is 383 g/mol. The quantitative estimate of drug-likeness (QED) is 0.642. The molecule has 0 aromatic heterocycles. The molecule has 3 aromatic rings. The molecule has 0 saturated heterocycles. The van der Waals surface area contributed by atoms with E-state index < -0.39 is 11.7 Å². The SMILES string of the molecule is O=C(Nc1ccc2c(c1)OCCO2)c1ccccc1-c1ccc(C(F)(F)F)cc1. The van der Waals surface area contributed by atoms with Gasteiger partial charge in [-0.2, -0.15) is 13.2 Å². The van der Waals surface area contributed by atoms with Crippen LogP contribution < -0.4 is 14.8 Å². The molecule has 0 saturated carbocycles. The van der Waals surface area contributed by atoms with E-state index in [9.17, 15) is 18.0 Å². The first kappa shape index (κ1) is 18.9. The first-order valence-corrected chi connectivity index (χ1v) is 8.89. The highest BCUT2D eigenvalue weighted by Crippen LogP contribution is 2.34. The Hall–Kier alpha value is -3.48. The second kappa shape index (κ2) is 7.50. The van der Waals surface area contributed by atoms with Gasteiger partial charge in [0.05, 0.1) is 5.56 Å². The third kappa shape index (κ3) is 4.03. The Balaban J connectivity index is 1.60. The van der Waals surface area contributed by atoms with Gasteiger partial charge in [-0.05, 0) is 41.5 Å². The van der Waals surface area contributed by atoms with Crippen LogP contribution in [0, 0.1) is 0 Å². The molecule has 0 fully saturated rings. The molecule has 3 aromatic carbocycles. The second-order valence-electron chi connectivity index (χ2n) is 6.43. The summed E-state index contributed by atoms with van der Waals surface area (Å²) in [7, 11) is 0. The molecule has 0 spiro atoms. The van der Waals surface area contributed by atoms with Gasteiger partial charge in [-0.3, -0.25) is 4.79 Å². The molecular formula is C22H16F3NO3. The number of carbonyl (C=O) groups is 1. The van der Waals surface area contributed by atoms with Gasteiger partial charge in [0.2, 0.25) is 0 Å². The van der Waals surface area contributed by atoms with Gasteiger partial charge in [0.1, 0.15) is 13.2 Å². The number of ether oxygens (including phenoxy) is 2. The van der Waals surface area contributed by atoms with Gasteiger partial charge in [-0.25, -0.2) is 0 Å². The molecule has 0 unspecified atom stereocenters. The predicted molar refractivity (Wildman–Crippen MR) is 102 cm³/mol. The molecule has 1 aliphatic heterocycles. The lowest BCUT2D eigenvalue weighted by atomic mass is 9.98. The third-order valence-electron chi connectivity index (χ3n) is 4.49. The maximum atomic E-state index is 12.8. The fourth-order valence-corrected chi connectivity index (χ4v) is 3.09. The van der Waals surface area contributed by atoms with Crippen LogP contribution in [0.15, 0.2) is 66.7 Å². The van der Waals surface area contributed by atoms with Gasteiger partial charge in [-0.1, -0.05) is 30.3 Å². The fraction of sp³-hybridized carbons (Fsp3) is 0.136. The lowest BCUT2D eigenvalue weighted by Crippen LogP contribution is -2.16. The molecule has 1 aliphatic rings. The normalized spacial score (nSPS) is 13.1. The van der Waals surface area contributed by atoms with Crippen LogP contribution in [0.5, 0.6) is 11.5 Å². The van der Waals surface area contributed by atoms with Crippen molar-refractivity contribution < 1.29 is 27.4 Å². The van der Waals surface area contributed by atoms with Crippen molar-refractivity contribution in [2.24, 2.45) is 0 Å². The standard InChI is InChI=1S/C22H16F3NO3/c23-22(24,25)15-7-5-14(6-8-15)17-3-1-2-4-18(17)21(27)26-16-9-10-19-20(13-16)29-12-11-28-19/h1-10,13H,11-12H2,(H,26,27). The van der Waals surface area contributed by atoms with Crippen LogP contribution in [-0.4, -0.2) is 19.1 Å². The lowest BCUT2D eigenvalue weighted by molar-refractivity contribution is -0.137. The van der Waals surface area contributed by atoms with Crippen molar-refractivity contribution in [3.8, 4) is 22.6 Å². The zero-order chi connectivity index (χ0) is 20.4. The second-order valence-corrected chi connectivity index (χ2v) is 6.43. The highest BCUT2D eigenvalue weighted by molar-refractivity contribution is 6.08. The van der Waals surface area contributed by atoms with E-state index in [1.165, 1.54) is 12.1 Å². The number of fused-ring (bicyclic) bond motifs is 1. The van der Waals surface area contributed by atoms with E-state index in [1.54, 1.807) is 42.5 Å². The molecule has 7 heteroatoms. The molecule has 0 bridgehead atoms. The summed E-state index contributed by atoms with van der Waals surface area (Å²) in [5.41, 5.74) is 1.20. The molecule has 0 atom stereocenters. The van der Waals surface area contributed by atoms with Crippen molar-refractivity contribution in [2.75, 3.05) is 18.5 Å². The van der Waals surface area contributed by atoms with Crippen LogP contribution >= 0.6 is 0 Å². The van der Waals surface area contributed by atoms with Crippen molar-refractivity contribution in [3.63, 3.8) is 0 Å². The molecule has 0 radical (unpaired) electrons. The number of anilines is 1. The number of rotatable bonds is 3. The zero-order valence-corrected chi connectivity index (χ0v) is 15.1. The van der Waals surface area contributed by atoms with Gasteiger partial charge in [0.15, 0.2) is 11.5 Å². The number of carbonyl (C=O) groups excluding carboxylic acids is 1. The largest absolute Gasteiger partial charge is 0.486 e. The van der Waals surface area contributed by atoms with E-state index in [0.717, 1.165) is 12.1 Å². The highest BCUT2D eigenvalue weighted by Gasteiger charge is 2.30. The van der Waals surface area contributed by atoms with E-state index in [-0.39, 0.29) is 5.91 Å². The Bertz CT molecular complexity index is 1050. The number of halogens is 3. The number of benzene rings is 3. The molecule has 4 rings (SSSR count). The van der Waals surface area contributed by atoms with Crippen molar-refractivity contribution >= 4 is 11.6 Å². The number of hydrogen-bond acceptors (Lipinski definition) is 3. The highest BCUT2D eigenvalue weighted by atomic mass is 19.4. The Morgan fingerprint density at radius 1 is 0.862 bits per heavy atom. The number of nitrogens with one attached hydrogen (secondary N) is 1. The Morgan fingerprint density at radius 2 is 1.55 bits per heavy atom. The van der Waals surface area contributed by atoms with Crippen molar-refractivity contribution in [2.45, 2.75) is 6.18 Å². The summed E-state index contributed by atoms with van der Waals surface area (Å²) >= 11 is 0. The summed E-state index contributed by atoms with van der Waals surface area (Å²) in [6.07, 6.45) is -4.41. The Morgan fingerprint density at radius 3 is 2.28 bits per heavy atom. The summed E-state index contributed by atoms with van der Waals surface area (Å²) < 4.78 is 49.4. The zero-order valence-electron chi connectivity index (χ0n) is 15.1. The van der Waals surface area contributed by atoms with Crippen LogP contribution in [0.25, 0.3) is 11.1 Å². The Kier molecular flexibility index (Phi) is 4.88. The van der Waals surface area contributed by atoms with Gasteiger partial charge < -0.3 is 14.8 Å². The van der Waals surface area contributed by atoms with Crippen molar-refractivity contribution in [1.29, 1.82) is 0 Å². The lowest BCUT2D eigenvalue weighted by Gasteiger charge is -2.19. The summed E-state index contributed by atoms with van der Waals surface area (Å²) in [6.45, 7) is 0.903. The molecule has 0 aliphatic carbocycles. The monoisotopic (exact) mass is 399 g/mol. The van der Waals surface area contributed by atoms with Crippen LogP contribution in [0.1, 0.15) is 15.9 Å². The minimum absolute atomic E-state index is 0.349. The average Bonchev–Trinajstić information content (AvgIpc) is 2.73. The van der Waals surface area contributed by atoms with Crippen LogP contribution in [0.3, 0.4) is 0 Å². The molecule has 1 N–H and O–H groups in total.